The van der Waals surface area contributed by atoms with Crippen molar-refractivity contribution in [3.8, 4) is 0 Å². The lowest BCUT2D eigenvalue weighted by molar-refractivity contribution is 0.0658. The van der Waals surface area contributed by atoms with Gasteiger partial charge in [-0.3, -0.25) is 0 Å². The molecule has 1 aromatic carbocycles. The smallest absolute Gasteiger partial charge is 0.142 e. The van der Waals surface area contributed by atoms with Crippen molar-refractivity contribution in [1.82, 2.24) is 5.32 Å². The average molecular weight is 318 g/mol. The van der Waals surface area contributed by atoms with Crippen LogP contribution in [0, 0.1) is 5.82 Å². The zero-order chi connectivity index (χ0) is 15.5. The Bertz CT molecular complexity index is 404. The van der Waals surface area contributed by atoms with Crippen LogP contribution in [-0.2, 0) is 15.9 Å². The fourth-order valence-corrected chi connectivity index (χ4v) is 2.27. The van der Waals surface area contributed by atoms with E-state index in [1.165, 1.54) is 6.07 Å². The molecule has 0 aliphatic rings. The van der Waals surface area contributed by atoms with E-state index in [4.69, 9.17) is 21.1 Å². The summed E-state index contributed by atoms with van der Waals surface area (Å²) in [5, 5.41) is 3.69. The van der Waals surface area contributed by atoms with E-state index in [1.807, 2.05) is 6.07 Å². The molecule has 0 amide bonds. The minimum atomic E-state index is -0.361. The van der Waals surface area contributed by atoms with E-state index >= 15 is 0 Å². The van der Waals surface area contributed by atoms with Crippen molar-refractivity contribution in [2.24, 2.45) is 0 Å². The van der Waals surface area contributed by atoms with Gasteiger partial charge < -0.3 is 14.8 Å². The average Bonchev–Trinajstić information content (AvgIpc) is 2.48. The van der Waals surface area contributed by atoms with Gasteiger partial charge in [0.05, 0.1) is 18.2 Å². The molecule has 0 spiro atoms. The highest BCUT2D eigenvalue weighted by Gasteiger charge is 2.13. The lowest BCUT2D eigenvalue weighted by Crippen LogP contribution is -2.33. The fourth-order valence-electron chi connectivity index (χ4n) is 2.07. The molecule has 1 atom stereocenters. The van der Waals surface area contributed by atoms with Gasteiger partial charge >= 0.3 is 0 Å². The first-order chi connectivity index (χ1) is 10.2. The number of hydrogen-bond acceptors (Lipinski definition) is 3. The standard InChI is InChI=1S/C16H25ClFNO2/c1-3-8-19-14(7-9-21-11-10-20-2)12-13-5-4-6-15(18)16(13)17/h4-6,14,19H,3,7-12H2,1-2H3. The molecular formula is C16H25ClFNO2. The van der Waals surface area contributed by atoms with Crippen molar-refractivity contribution < 1.29 is 13.9 Å². The molecule has 120 valence electrons. The molecule has 21 heavy (non-hydrogen) atoms. The Hall–Kier alpha value is -0.680. The first-order valence-corrected chi connectivity index (χ1v) is 7.79. The van der Waals surface area contributed by atoms with Crippen LogP contribution >= 0.6 is 11.6 Å². The molecule has 0 saturated heterocycles. The molecule has 0 aliphatic carbocycles. The number of methoxy groups -OCH3 is 1. The molecule has 1 rings (SSSR count). The van der Waals surface area contributed by atoms with E-state index in [0.29, 0.717) is 26.2 Å². The van der Waals surface area contributed by atoms with Gasteiger partial charge in [-0.15, -0.1) is 0 Å². The molecule has 1 unspecified atom stereocenters. The van der Waals surface area contributed by atoms with E-state index in [9.17, 15) is 4.39 Å². The van der Waals surface area contributed by atoms with Crippen LogP contribution < -0.4 is 5.32 Å². The second-order valence-electron chi connectivity index (χ2n) is 4.96. The van der Waals surface area contributed by atoms with Crippen molar-refractivity contribution in [3.05, 3.63) is 34.6 Å². The van der Waals surface area contributed by atoms with Crippen LogP contribution in [0.25, 0.3) is 0 Å². The predicted molar refractivity (Wildman–Crippen MR) is 84.5 cm³/mol. The molecule has 3 nitrogen and oxygen atoms in total. The summed E-state index contributed by atoms with van der Waals surface area (Å²) in [4.78, 5) is 0. The van der Waals surface area contributed by atoms with E-state index < -0.39 is 0 Å². The molecular weight excluding hydrogens is 293 g/mol. The first kappa shape index (κ1) is 18.4. The lowest BCUT2D eigenvalue weighted by Gasteiger charge is -2.19. The van der Waals surface area contributed by atoms with E-state index in [-0.39, 0.29) is 16.9 Å². The maximum absolute atomic E-state index is 13.5. The number of hydrogen-bond donors (Lipinski definition) is 1. The lowest BCUT2D eigenvalue weighted by atomic mass is 10.0. The molecule has 1 aromatic rings. The predicted octanol–water partition coefficient (Wildman–Crippen LogP) is 3.44. The maximum Gasteiger partial charge on any atom is 0.142 e. The summed E-state index contributed by atoms with van der Waals surface area (Å²) < 4.78 is 23.9. The van der Waals surface area contributed by atoms with E-state index in [2.05, 4.69) is 12.2 Å². The van der Waals surface area contributed by atoms with Gasteiger partial charge in [0.15, 0.2) is 0 Å². The normalized spacial score (nSPS) is 12.6. The second-order valence-corrected chi connectivity index (χ2v) is 5.34. The Morgan fingerprint density at radius 2 is 2.10 bits per heavy atom. The number of nitrogens with one attached hydrogen (secondary N) is 1. The molecule has 0 aromatic heterocycles. The molecule has 0 saturated carbocycles. The molecule has 1 N–H and O–H groups in total. The van der Waals surface area contributed by atoms with Gasteiger partial charge in [0, 0.05) is 19.8 Å². The van der Waals surface area contributed by atoms with Crippen molar-refractivity contribution in [2.75, 3.05) is 33.5 Å². The van der Waals surface area contributed by atoms with E-state index in [0.717, 1.165) is 24.9 Å². The van der Waals surface area contributed by atoms with Crippen molar-refractivity contribution in [3.63, 3.8) is 0 Å². The third-order valence-corrected chi connectivity index (χ3v) is 3.65. The third-order valence-electron chi connectivity index (χ3n) is 3.22. The Morgan fingerprint density at radius 3 is 2.81 bits per heavy atom. The summed E-state index contributed by atoms with van der Waals surface area (Å²) in [6.07, 6.45) is 2.61. The van der Waals surface area contributed by atoms with Crippen molar-refractivity contribution in [2.45, 2.75) is 32.2 Å². The molecule has 0 heterocycles. The highest BCUT2D eigenvalue weighted by atomic mass is 35.5. The Kier molecular flexibility index (Phi) is 9.59. The Balaban J connectivity index is 2.50. The number of halogens is 2. The monoisotopic (exact) mass is 317 g/mol. The van der Waals surface area contributed by atoms with Crippen LogP contribution in [0.3, 0.4) is 0 Å². The van der Waals surface area contributed by atoms with E-state index in [1.54, 1.807) is 13.2 Å². The van der Waals surface area contributed by atoms with Crippen molar-refractivity contribution >= 4 is 11.6 Å². The summed E-state index contributed by atoms with van der Waals surface area (Å²) in [7, 11) is 1.65. The van der Waals surface area contributed by atoms with Gasteiger partial charge in [0.1, 0.15) is 5.82 Å². The van der Waals surface area contributed by atoms with Crippen molar-refractivity contribution in [1.29, 1.82) is 0 Å². The molecule has 5 heteroatoms. The summed E-state index contributed by atoms with van der Waals surface area (Å²) in [5.41, 5.74) is 0.835. The molecule has 0 aliphatic heterocycles. The van der Waals surface area contributed by atoms with Gasteiger partial charge in [0.25, 0.3) is 0 Å². The summed E-state index contributed by atoms with van der Waals surface area (Å²) in [6, 6.07) is 5.18. The maximum atomic E-state index is 13.5. The van der Waals surface area contributed by atoms with Crippen LogP contribution in [0.4, 0.5) is 4.39 Å². The van der Waals surface area contributed by atoms with Gasteiger partial charge in [-0.1, -0.05) is 30.7 Å². The number of ether oxygens (including phenoxy) is 2. The fraction of sp³-hybridized carbons (Fsp3) is 0.625. The Labute approximate surface area is 131 Å². The Morgan fingerprint density at radius 1 is 1.29 bits per heavy atom. The molecule has 0 fully saturated rings. The third kappa shape index (κ3) is 7.23. The van der Waals surface area contributed by atoms with Gasteiger partial charge in [-0.05, 0) is 37.4 Å². The van der Waals surface area contributed by atoms with Gasteiger partial charge in [-0.2, -0.15) is 0 Å². The molecule has 0 radical (unpaired) electrons. The topological polar surface area (TPSA) is 30.5 Å². The number of rotatable bonds is 11. The second kappa shape index (κ2) is 11.0. The van der Waals surface area contributed by atoms with Crippen LogP contribution in [-0.4, -0.2) is 39.5 Å². The highest BCUT2D eigenvalue weighted by Crippen LogP contribution is 2.21. The van der Waals surface area contributed by atoms with Gasteiger partial charge in [-0.25, -0.2) is 4.39 Å². The van der Waals surface area contributed by atoms with Crippen LogP contribution in [0.5, 0.6) is 0 Å². The quantitative estimate of drug-likeness (QED) is 0.634. The summed E-state index contributed by atoms with van der Waals surface area (Å²) in [5.74, 6) is -0.361. The van der Waals surface area contributed by atoms with Gasteiger partial charge in [0.2, 0.25) is 0 Å². The highest BCUT2D eigenvalue weighted by molar-refractivity contribution is 6.31. The van der Waals surface area contributed by atoms with Crippen LogP contribution in [0.2, 0.25) is 5.02 Å². The zero-order valence-corrected chi connectivity index (χ0v) is 13.6. The largest absolute Gasteiger partial charge is 0.382 e. The minimum absolute atomic E-state index is 0.223. The molecule has 0 bridgehead atoms. The van der Waals surface area contributed by atoms with Crippen LogP contribution in [0.15, 0.2) is 18.2 Å². The van der Waals surface area contributed by atoms with Crippen LogP contribution in [0.1, 0.15) is 25.3 Å². The first-order valence-electron chi connectivity index (χ1n) is 7.42. The number of benzene rings is 1. The SMILES string of the molecule is CCCNC(CCOCCOC)Cc1cccc(F)c1Cl. The minimum Gasteiger partial charge on any atom is -0.382 e. The zero-order valence-electron chi connectivity index (χ0n) is 12.8. The summed E-state index contributed by atoms with van der Waals surface area (Å²) >= 11 is 6.02. The summed E-state index contributed by atoms with van der Waals surface area (Å²) in [6.45, 7) is 4.89.